The van der Waals surface area contributed by atoms with Crippen LogP contribution in [0.3, 0.4) is 0 Å². The van der Waals surface area contributed by atoms with Gasteiger partial charge in [-0.1, -0.05) is 18.2 Å². The topological polar surface area (TPSA) is 148 Å². The van der Waals surface area contributed by atoms with Crippen molar-refractivity contribution in [3.63, 3.8) is 0 Å². The molecule has 2 bridgehead atoms. The first-order valence-corrected chi connectivity index (χ1v) is 18.7. The van der Waals surface area contributed by atoms with Crippen LogP contribution in [-0.4, -0.2) is 88.4 Å². The second-order valence-corrected chi connectivity index (χ2v) is 16.4. The van der Waals surface area contributed by atoms with Crippen molar-refractivity contribution < 1.29 is 31.1 Å². The molecule has 1 amide bonds. The summed E-state index contributed by atoms with van der Waals surface area (Å²) in [6, 6.07) is 9.19. The van der Waals surface area contributed by atoms with Crippen LogP contribution in [0.1, 0.15) is 49.1 Å². The number of hydrogen-bond acceptors (Lipinski definition) is 8. The maximum Gasteiger partial charge on any atom is 0.241 e. The molecule has 0 radical (unpaired) electrons. The molecule has 3 aliphatic rings. The molecule has 5 atom stereocenters. The number of fused-ring (bicyclic) bond motifs is 2. The van der Waals surface area contributed by atoms with Crippen LogP contribution in [0, 0.1) is 17.6 Å². The maximum atomic E-state index is 15.2. The molecule has 244 valence electrons. The Balaban J connectivity index is 1.32. The summed E-state index contributed by atoms with van der Waals surface area (Å²) in [6.07, 6.45) is 4.43. The van der Waals surface area contributed by atoms with Gasteiger partial charge in [-0.15, -0.1) is 10.8 Å². The summed E-state index contributed by atoms with van der Waals surface area (Å²) in [5.74, 6) is -1.77. The molecule has 6 N–H and O–H groups in total. The summed E-state index contributed by atoms with van der Waals surface area (Å²) in [7, 11) is -6.26. The number of carbonyl (C=O) groups excluding carboxylic acids is 1. The zero-order valence-electron chi connectivity index (χ0n) is 24.9. The van der Waals surface area contributed by atoms with Gasteiger partial charge in [0, 0.05) is 55.4 Å². The van der Waals surface area contributed by atoms with E-state index in [1.165, 1.54) is 34.8 Å². The van der Waals surface area contributed by atoms with Crippen LogP contribution in [0.2, 0.25) is 0 Å². The highest BCUT2D eigenvalue weighted by Gasteiger charge is 2.39. The van der Waals surface area contributed by atoms with Gasteiger partial charge in [0.05, 0.1) is 18.1 Å². The summed E-state index contributed by atoms with van der Waals surface area (Å²) in [4.78, 5) is 13.7. The second kappa shape index (κ2) is 13.7. The number of nitrogens with zero attached hydrogens (tertiary/aromatic N) is 2. The lowest BCUT2D eigenvalue weighted by molar-refractivity contribution is -0.118. The van der Waals surface area contributed by atoms with Gasteiger partial charge in [-0.25, -0.2) is 25.8 Å². The minimum Gasteiger partial charge on any atom is -0.324 e. The normalized spacial score (nSPS) is 26.7. The van der Waals surface area contributed by atoms with E-state index in [0.717, 1.165) is 12.8 Å². The van der Waals surface area contributed by atoms with Gasteiger partial charge in [-0.05, 0) is 74.3 Å². The summed E-state index contributed by atoms with van der Waals surface area (Å²) >= 11 is 0. The monoisotopic (exact) mass is 655 g/mol. The highest BCUT2D eigenvalue weighted by atomic mass is 32.3. The van der Waals surface area contributed by atoms with Gasteiger partial charge in [0.2, 0.25) is 15.9 Å². The Labute approximate surface area is 259 Å². The average Bonchev–Trinajstić information content (AvgIpc) is 3.09. The molecule has 3 saturated heterocycles. The first kappa shape index (κ1) is 33.2. The number of piperazine rings is 1. The highest BCUT2D eigenvalue weighted by Crippen LogP contribution is 2.49. The van der Waals surface area contributed by atoms with Gasteiger partial charge in [0.1, 0.15) is 11.6 Å². The van der Waals surface area contributed by atoms with E-state index >= 15 is 4.39 Å². The molecule has 0 aromatic heterocycles. The predicted molar refractivity (Wildman–Crippen MR) is 169 cm³/mol. The molecule has 2 aromatic carbocycles. The summed E-state index contributed by atoms with van der Waals surface area (Å²) in [5.41, 5.74) is 7.88. The van der Waals surface area contributed by atoms with E-state index in [4.69, 9.17) is 5.73 Å². The number of nitrogens with two attached hydrogens (primary N) is 1. The van der Waals surface area contributed by atoms with Crippen molar-refractivity contribution in [2.75, 3.05) is 43.5 Å². The summed E-state index contributed by atoms with van der Waals surface area (Å²) in [6.45, 7) is 1.67. The molecule has 44 heavy (non-hydrogen) atoms. The molecule has 3 aliphatic heterocycles. The molecule has 2 aromatic rings. The van der Waals surface area contributed by atoms with E-state index in [1.54, 1.807) is 22.5 Å². The quantitative estimate of drug-likeness (QED) is 0.275. The van der Waals surface area contributed by atoms with Crippen molar-refractivity contribution in [1.29, 1.82) is 0 Å². The Kier molecular flexibility index (Phi) is 10.3. The fourth-order valence-corrected chi connectivity index (χ4v) is 9.66. The van der Waals surface area contributed by atoms with Crippen molar-refractivity contribution in [2.45, 2.75) is 62.6 Å². The minimum absolute atomic E-state index is 0.137. The fraction of sp³-hybridized carbons (Fsp3) is 0.567. The largest absolute Gasteiger partial charge is 0.324 e. The summed E-state index contributed by atoms with van der Waals surface area (Å²) in [5, 5.41) is 6.31. The number of nitrogens with one attached hydrogen (secondary N) is 2. The van der Waals surface area contributed by atoms with E-state index in [9.17, 15) is 26.7 Å². The van der Waals surface area contributed by atoms with Gasteiger partial charge in [-0.3, -0.25) is 13.9 Å². The molecule has 3 fully saturated rings. The Morgan fingerprint density at radius 2 is 1.84 bits per heavy atom. The van der Waals surface area contributed by atoms with Crippen LogP contribution in [-0.2, 0) is 21.2 Å². The molecule has 14 heteroatoms. The number of carbonyl (C=O) groups is 1. The fourth-order valence-electron chi connectivity index (χ4n) is 6.92. The van der Waals surface area contributed by atoms with Gasteiger partial charge >= 0.3 is 0 Å². The Bertz CT molecular complexity index is 1420. The number of piperidine rings is 1. The van der Waals surface area contributed by atoms with Crippen LogP contribution in [0.5, 0.6) is 0 Å². The number of halogens is 2. The van der Waals surface area contributed by atoms with Crippen LogP contribution in [0.25, 0.3) is 0 Å². The molecule has 0 spiro atoms. The molecular formula is C30H43F2N5O5S2. The zero-order valence-corrected chi connectivity index (χ0v) is 26.5. The number of hydrogen-bond donors (Lipinski definition) is 5. The zero-order chi connectivity index (χ0) is 31.6. The van der Waals surface area contributed by atoms with E-state index in [1.807, 2.05) is 0 Å². The lowest BCUT2D eigenvalue weighted by Crippen LogP contribution is -2.55. The number of anilines is 1. The van der Waals surface area contributed by atoms with Crippen molar-refractivity contribution >= 4 is 32.4 Å². The number of rotatable bonds is 9. The highest BCUT2D eigenvalue weighted by molar-refractivity contribution is 8.22. The number of sulfonamides is 1. The summed E-state index contributed by atoms with van der Waals surface area (Å²) < 4.78 is 77.9. The van der Waals surface area contributed by atoms with E-state index in [-0.39, 0.29) is 24.4 Å². The molecular weight excluding hydrogens is 612 g/mol. The van der Waals surface area contributed by atoms with E-state index < -0.39 is 50.3 Å². The van der Waals surface area contributed by atoms with Crippen LogP contribution < -0.4 is 16.4 Å². The molecule has 0 aliphatic carbocycles. The van der Waals surface area contributed by atoms with Crippen LogP contribution >= 0.6 is 10.8 Å². The predicted octanol–water partition coefficient (Wildman–Crippen LogP) is 3.72. The van der Waals surface area contributed by atoms with Crippen molar-refractivity contribution in [3.8, 4) is 0 Å². The maximum absolute atomic E-state index is 15.2. The Morgan fingerprint density at radius 1 is 1.14 bits per heavy atom. The first-order chi connectivity index (χ1) is 20.8. The van der Waals surface area contributed by atoms with Gasteiger partial charge in [0.15, 0.2) is 0 Å². The lowest BCUT2D eigenvalue weighted by Gasteiger charge is -2.49. The average molecular weight is 656 g/mol. The van der Waals surface area contributed by atoms with Crippen LogP contribution in [0.4, 0.5) is 14.5 Å². The smallest absolute Gasteiger partial charge is 0.241 e. The standard InChI is InChI=1S/C30H43F2N5O5S2/c1-43(39,40)36-15-13-21(14-16-36)28(20-7-9-22(31)10-8-20)29(33)30(38)35-27-6-2-5-26(32)25(27)12-11-24-18-34-23-4-3-17-44(41,42)37(24)19-23/h2,5-10,21,23-24,28-29,34,41-42H,3-4,11-19,33H2,1H3,(H,35,38)/t23-,24+,28+,29+/m1/s1. The van der Waals surface area contributed by atoms with Crippen molar-refractivity contribution in [3.05, 3.63) is 65.2 Å². The molecule has 0 saturated carbocycles. The minimum atomic E-state index is -3.35. The molecule has 1 unspecified atom stereocenters. The van der Waals surface area contributed by atoms with E-state index in [0.29, 0.717) is 68.0 Å². The van der Waals surface area contributed by atoms with Gasteiger partial charge in [0.25, 0.3) is 0 Å². The Hall–Kier alpha value is -2.17. The molecule has 10 nitrogen and oxygen atoms in total. The van der Waals surface area contributed by atoms with Crippen molar-refractivity contribution in [2.24, 2.45) is 11.7 Å². The lowest BCUT2D eigenvalue weighted by atomic mass is 9.76. The molecule has 5 rings (SSSR count). The van der Waals surface area contributed by atoms with Gasteiger partial charge < -0.3 is 16.4 Å². The SMILES string of the molecule is CS(=O)(=O)N1CCC([C@H](c2ccc(F)cc2)[C@H](N)C(=O)Nc2cccc(F)c2CC[C@H]2CN[C@@H]3CCCS(O)(O)N2C3)CC1. The number of benzene rings is 2. The molecule has 3 heterocycles. The van der Waals surface area contributed by atoms with Crippen LogP contribution in [0.15, 0.2) is 42.5 Å². The van der Waals surface area contributed by atoms with Gasteiger partial charge in [-0.2, -0.15) is 0 Å². The Morgan fingerprint density at radius 3 is 2.52 bits per heavy atom. The number of amides is 1. The van der Waals surface area contributed by atoms with Crippen molar-refractivity contribution in [1.82, 2.24) is 13.9 Å². The third kappa shape index (κ3) is 7.61. The third-order valence-electron chi connectivity index (χ3n) is 9.32. The third-order valence-corrected chi connectivity index (χ3v) is 12.7. The van der Waals surface area contributed by atoms with E-state index in [2.05, 4.69) is 10.6 Å². The first-order valence-electron chi connectivity index (χ1n) is 15.1. The second-order valence-electron chi connectivity index (χ2n) is 12.2.